The fraction of sp³-hybridized carbons (Fsp3) is 0.222. The van der Waals surface area contributed by atoms with Crippen molar-refractivity contribution in [3.05, 3.63) is 58.4 Å². The lowest BCUT2D eigenvalue weighted by Crippen LogP contribution is -2.40. The average Bonchev–Trinajstić information content (AvgIpc) is 3.23. The van der Waals surface area contributed by atoms with Crippen LogP contribution in [0.2, 0.25) is 0 Å². The average molecular weight is 340 g/mol. The maximum atomic E-state index is 13.1. The SMILES string of the molecule is O=C1C(c2cccs2)=C(N2CCOCC2)C(=O)N1c1ccccc1. The van der Waals surface area contributed by atoms with E-state index in [-0.39, 0.29) is 11.8 Å². The minimum absolute atomic E-state index is 0.253. The number of para-hydroxylation sites is 1. The summed E-state index contributed by atoms with van der Waals surface area (Å²) in [5.41, 5.74) is 1.60. The second kappa shape index (κ2) is 6.22. The molecule has 1 aromatic heterocycles. The summed E-state index contributed by atoms with van der Waals surface area (Å²) in [6.07, 6.45) is 0. The van der Waals surface area contributed by atoms with Gasteiger partial charge in [0.2, 0.25) is 0 Å². The van der Waals surface area contributed by atoms with Gasteiger partial charge in [-0.25, -0.2) is 4.90 Å². The van der Waals surface area contributed by atoms with Gasteiger partial charge in [0.15, 0.2) is 0 Å². The van der Waals surface area contributed by atoms with Crippen molar-refractivity contribution in [2.24, 2.45) is 0 Å². The lowest BCUT2D eigenvalue weighted by Gasteiger charge is -2.29. The summed E-state index contributed by atoms with van der Waals surface area (Å²) in [5, 5.41) is 1.92. The molecule has 2 aromatic rings. The van der Waals surface area contributed by atoms with Gasteiger partial charge in [0.05, 0.1) is 24.5 Å². The first-order valence-corrected chi connectivity index (χ1v) is 8.70. The van der Waals surface area contributed by atoms with Crippen LogP contribution in [-0.2, 0) is 14.3 Å². The molecule has 1 saturated heterocycles. The lowest BCUT2D eigenvalue weighted by atomic mass is 10.1. The molecule has 122 valence electrons. The van der Waals surface area contributed by atoms with Crippen LogP contribution >= 0.6 is 11.3 Å². The monoisotopic (exact) mass is 340 g/mol. The summed E-state index contributed by atoms with van der Waals surface area (Å²) in [5.74, 6) is -0.508. The Bertz CT molecular complexity index is 793. The highest BCUT2D eigenvalue weighted by Crippen LogP contribution is 2.36. The quantitative estimate of drug-likeness (QED) is 0.805. The van der Waals surface area contributed by atoms with Crippen LogP contribution in [0.25, 0.3) is 5.57 Å². The summed E-state index contributed by atoms with van der Waals surface area (Å²) in [7, 11) is 0. The summed E-state index contributed by atoms with van der Waals surface area (Å²) in [6, 6.07) is 12.9. The van der Waals surface area contributed by atoms with E-state index in [1.54, 1.807) is 12.1 Å². The number of carbonyl (C=O) groups excluding carboxylic acids is 2. The zero-order valence-corrected chi connectivity index (χ0v) is 13.8. The van der Waals surface area contributed by atoms with E-state index in [1.165, 1.54) is 16.2 Å². The van der Waals surface area contributed by atoms with Crippen LogP contribution in [0.15, 0.2) is 53.5 Å². The molecule has 0 N–H and O–H groups in total. The predicted octanol–water partition coefficient (Wildman–Crippen LogP) is 2.36. The molecule has 5 nitrogen and oxygen atoms in total. The Balaban J connectivity index is 1.81. The van der Waals surface area contributed by atoms with E-state index in [1.807, 2.05) is 40.6 Å². The number of amides is 2. The standard InChI is InChI=1S/C18H16N2O3S/c21-17-15(14-7-4-12-24-14)16(19-8-10-23-11-9-19)18(22)20(17)13-5-2-1-3-6-13/h1-7,12H,8-11H2. The number of thiophene rings is 1. The molecule has 0 spiro atoms. The first kappa shape index (κ1) is 15.1. The van der Waals surface area contributed by atoms with Gasteiger partial charge in [-0.2, -0.15) is 0 Å². The highest BCUT2D eigenvalue weighted by molar-refractivity contribution is 7.11. The third-order valence-electron chi connectivity index (χ3n) is 4.17. The van der Waals surface area contributed by atoms with Crippen molar-refractivity contribution in [3.63, 3.8) is 0 Å². The van der Waals surface area contributed by atoms with Gasteiger partial charge < -0.3 is 9.64 Å². The number of ether oxygens (including phenoxy) is 1. The van der Waals surface area contributed by atoms with Crippen LogP contribution in [0.1, 0.15) is 4.88 Å². The molecule has 1 aromatic carbocycles. The summed E-state index contributed by atoms with van der Waals surface area (Å²) in [4.78, 5) is 30.2. The third-order valence-corrected chi connectivity index (χ3v) is 5.06. The number of carbonyl (C=O) groups is 2. The molecule has 0 aliphatic carbocycles. The third kappa shape index (κ3) is 2.44. The first-order valence-electron chi connectivity index (χ1n) is 7.82. The van der Waals surface area contributed by atoms with Crippen molar-refractivity contribution in [2.75, 3.05) is 31.2 Å². The van der Waals surface area contributed by atoms with Crippen molar-refractivity contribution in [3.8, 4) is 0 Å². The van der Waals surface area contributed by atoms with E-state index in [0.717, 1.165) is 4.88 Å². The van der Waals surface area contributed by atoms with E-state index in [0.29, 0.717) is 43.3 Å². The first-order chi connectivity index (χ1) is 11.8. The molecule has 2 amide bonds. The molecule has 0 radical (unpaired) electrons. The molecule has 0 bridgehead atoms. The smallest absolute Gasteiger partial charge is 0.282 e. The normalized spacial score (nSPS) is 18.7. The highest BCUT2D eigenvalue weighted by Gasteiger charge is 2.43. The maximum Gasteiger partial charge on any atom is 0.282 e. The van der Waals surface area contributed by atoms with Gasteiger partial charge in [-0.05, 0) is 23.6 Å². The molecule has 6 heteroatoms. The zero-order valence-electron chi connectivity index (χ0n) is 13.0. The Kier molecular flexibility index (Phi) is 3.92. The number of benzene rings is 1. The Morgan fingerprint density at radius 3 is 2.33 bits per heavy atom. The second-order valence-corrected chi connectivity index (χ2v) is 6.53. The molecule has 2 aliphatic rings. The molecule has 2 aliphatic heterocycles. The van der Waals surface area contributed by atoms with Gasteiger partial charge in [0.1, 0.15) is 5.70 Å². The van der Waals surface area contributed by atoms with E-state index >= 15 is 0 Å². The number of rotatable bonds is 3. The Hall–Kier alpha value is -2.44. The fourth-order valence-corrected chi connectivity index (χ4v) is 3.82. The van der Waals surface area contributed by atoms with E-state index in [2.05, 4.69) is 0 Å². The maximum absolute atomic E-state index is 13.1. The van der Waals surface area contributed by atoms with E-state index in [9.17, 15) is 9.59 Å². The molecular weight excluding hydrogens is 324 g/mol. The fourth-order valence-electron chi connectivity index (χ4n) is 3.05. The molecule has 0 unspecified atom stereocenters. The van der Waals surface area contributed by atoms with Gasteiger partial charge in [0.25, 0.3) is 11.8 Å². The topological polar surface area (TPSA) is 49.9 Å². The largest absolute Gasteiger partial charge is 0.378 e. The van der Waals surface area contributed by atoms with Crippen LogP contribution < -0.4 is 4.90 Å². The lowest BCUT2D eigenvalue weighted by molar-refractivity contribution is -0.121. The Morgan fingerprint density at radius 1 is 0.917 bits per heavy atom. The van der Waals surface area contributed by atoms with Crippen LogP contribution in [0.3, 0.4) is 0 Å². The number of imide groups is 1. The molecule has 4 rings (SSSR count). The summed E-state index contributed by atoms with van der Waals surface area (Å²) < 4.78 is 5.39. The van der Waals surface area contributed by atoms with E-state index < -0.39 is 0 Å². The van der Waals surface area contributed by atoms with Crippen LogP contribution in [0, 0.1) is 0 Å². The molecule has 1 fully saturated rings. The van der Waals surface area contributed by atoms with Crippen molar-refractivity contribution in [2.45, 2.75) is 0 Å². The molecule has 3 heterocycles. The summed E-state index contributed by atoms with van der Waals surface area (Å²) in [6.45, 7) is 2.36. The molecular formula is C18H16N2O3S. The van der Waals surface area contributed by atoms with E-state index in [4.69, 9.17) is 4.74 Å². The Labute approximate surface area is 143 Å². The van der Waals surface area contributed by atoms with Crippen LogP contribution in [-0.4, -0.2) is 43.0 Å². The van der Waals surface area contributed by atoms with Crippen LogP contribution in [0.5, 0.6) is 0 Å². The number of nitrogens with zero attached hydrogens (tertiary/aromatic N) is 2. The van der Waals surface area contributed by atoms with Crippen molar-refractivity contribution < 1.29 is 14.3 Å². The van der Waals surface area contributed by atoms with Gasteiger partial charge in [-0.15, -0.1) is 11.3 Å². The van der Waals surface area contributed by atoms with Gasteiger partial charge in [-0.3, -0.25) is 9.59 Å². The van der Waals surface area contributed by atoms with Gasteiger partial charge in [-0.1, -0.05) is 24.3 Å². The highest BCUT2D eigenvalue weighted by atomic mass is 32.1. The minimum atomic E-state index is -0.254. The number of hydrogen-bond donors (Lipinski definition) is 0. The number of morpholine rings is 1. The van der Waals surface area contributed by atoms with Crippen molar-refractivity contribution in [1.29, 1.82) is 0 Å². The molecule has 24 heavy (non-hydrogen) atoms. The number of hydrogen-bond acceptors (Lipinski definition) is 5. The summed E-state index contributed by atoms with van der Waals surface area (Å²) >= 11 is 1.48. The van der Waals surface area contributed by atoms with Gasteiger partial charge >= 0.3 is 0 Å². The van der Waals surface area contributed by atoms with Crippen molar-refractivity contribution in [1.82, 2.24) is 4.90 Å². The predicted molar refractivity (Wildman–Crippen MR) is 92.6 cm³/mol. The number of anilines is 1. The molecule has 0 atom stereocenters. The minimum Gasteiger partial charge on any atom is -0.378 e. The molecule has 0 saturated carbocycles. The van der Waals surface area contributed by atoms with Crippen molar-refractivity contribution >= 4 is 34.4 Å². The Morgan fingerprint density at radius 2 is 1.67 bits per heavy atom. The van der Waals surface area contributed by atoms with Gasteiger partial charge in [0, 0.05) is 18.0 Å². The van der Waals surface area contributed by atoms with Crippen LogP contribution in [0.4, 0.5) is 5.69 Å². The second-order valence-electron chi connectivity index (χ2n) is 5.58. The zero-order chi connectivity index (χ0) is 16.5.